The van der Waals surface area contributed by atoms with Crippen LogP contribution in [0.1, 0.15) is 13.3 Å². The van der Waals surface area contributed by atoms with E-state index >= 15 is 0 Å². The molecule has 4 aromatic rings. The van der Waals surface area contributed by atoms with Crippen LogP contribution in [0.5, 0.6) is 0 Å². The van der Waals surface area contributed by atoms with E-state index in [4.69, 9.17) is 10.7 Å². The first-order valence-corrected chi connectivity index (χ1v) is 11.1. The van der Waals surface area contributed by atoms with Gasteiger partial charge in [-0.25, -0.2) is 19.2 Å². The summed E-state index contributed by atoms with van der Waals surface area (Å²) in [4.78, 5) is 28.4. The van der Waals surface area contributed by atoms with Crippen LogP contribution in [0.2, 0.25) is 0 Å². The fourth-order valence-corrected chi connectivity index (χ4v) is 4.23. The monoisotopic (exact) mass is 457 g/mol. The summed E-state index contributed by atoms with van der Waals surface area (Å²) in [6, 6.07) is 18.8. The first kappa shape index (κ1) is 21.6. The summed E-state index contributed by atoms with van der Waals surface area (Å²) in [5, 5.41) is 5.93. The van der Waals surface area contributed by atoms with Gasteiger partial charge in [0, 0.05) is 17.8 Å². The van der Waals surface area contributed by atoms with Crippen molar-refractivity contribution >= 4 is 34.5 Å². The van der Waals surface area contributed by atoms with Crippen LogP contribution in [0.15, 0.2) is 66.7 Å². The van der Waals surface area contributed by atoms with Crippen molar-refractivity contribution in [3.05, 3.63) is 72.5 Å². The van der Waals surface area contributed by atoms with Gasteiger partial charge in [-0.15, -0.1) is 0 Å². The number of amides is 2. The Bertz CT molecular complexity index is 1330. The van der Waals surface area contributed by atoms with Crippen molar-refractivity contribution in [3.8, 4) is 11.3 Å². The number of hydrogen-bond acceptors (Lipinski definition) is 6. The molecule has 0 saturated carbocycles. The fourth-order valence-electron chi connectivity index (χ4n) is 4.23. The van der Waals surface area contributed by atoms with E-state index in [2.05, 4.69) is 27.5 Å². The topological polar surface area (TPSA) is 109 Å². The molecule has 1 unspecified atom stereocenters. The SMILES string of the molecule is CC1CCN(c2nc(N)nc3ccc(-c4ccc(F)cc4)nc23)[C@@H]1NC(=O)Nc1ccccc1. The Morgan fingerprint density at radius 2 is 1.79 bits per heavy atom. The van der Waals surface area contributed by atoms with Crippen LogP contribution < -0.4 is 21.3 Å². The number of carbonyl (C=O) groups is 1. The molecule has 0 spiro atoms. The van der Waals surface area contributed by atoms with Gasteiger partial charge in [-0.1, -0.05) is 25.1 Å². The number of nitrogens with two attached hydrogens (primary N) is 1. The van der Waals surface area contributed by atoms with Gasteiger partial charge in [-0.3, -0.25) is 0 Å². The average Bonchev–Trinajstić information content (AvgIpc) is 3.19. The zero-order valence-corrected chi connectivity index (χ0v) is 18.6. The molecule has 2 amide bonds. The lowest BCUT2D eigenvalue weighted by molar-refractivity contribution is 0.246. The van der Waals surface area contributed by atoms with Crippen LogP contribution >= 0.6 is 0 Å². The van der Waals surface area contributed by atoms with E-state index in [1.54, 1.807) is 12.1 Å². The number of nitrogen functional groups attached to an aromatic ring is 1. The number of rotatable bonds is 4. The number of pyridine rings is 1. The Morgan fingerprint density at radius 3 is 2.56 bits per heavy atom. The van der Waals surface area contributed by atoms with E-state index in [1.807, 2.05) is 47.4 Å². The van der Waals surface area contributed by atoms with Crippen molar-refractivity contribution in [3.63, 3.8) is 0 Å². The number of nitrogens with zero attached hydrogens (tertiary/aromatic N) is 4. The second-order valence-corrected chi connectivity index (χ2v) is 8.35. The summed E-state index contributed by atoms with van der Waals surface area (Å²) >= 11 is 0. The lowest BCUT2D eigenvalue weighted by Crippen LogP contribution is -2.49. The number of nitrogens with one attached hydrogen (secondary N) is 2. The highest BCUT2D eigenvalue weighted by Crippen LogP contribution is 2.33. The Balaban J connectivity index is 1.49. The number of halogens is 1. The number of para-hydroxylation sites is 1. The zero-order valence-electron chi connectivity index (χ0n) is 18.6. The van der Waals surface area contributed by atoms with Gasteiger partial charge in [0.25, 0.3) is 0 Å². The minimum Gasteiger partial charge on any atom is -0.368 e. The summed E-state index contributed by atoms with van der Waals surface area (Å²) < 4.78 is 13.4. The zero-order chi connectivity index (χ0) is 23.7. The molecule has 0 bridgehead atoms. The third-order valence-corrected chi connectivity index (χ3v) is 5.96. The minimum atomic E-state index is -0.310. The molecule has 4 N–H and O–H groups in total. The van der Waals surface area contributed by atoms with Crippen molar-refractivity contribution < 1.29 is 9.18 Å². The van der Waals surface area contributed by atoms with Crippen LogP contribution in [0, 0.1) is 11.7 Å². The second-order valence-electron chi connectivity index (χ2n) is 8.35. The number of benzene rings is 2. The van der Waals surface area contributed by atoms with Gasteiger partial charge in [0.05, 0.1) is 11.2 Å². The predicted molar refractivity (Wildman–Crippen MR) is 131 cm³/mol. The summed E-state index contributed by atoms with van der Waals surface area (Å²) in [7, 11) is 0. The summed E-state index contributed by atoms with van der Waals surface area (Å²) in [6.45, 7) is 2.75. The van der Waals surface area contributed by atoms with Gasteiger partial charge in [-0.05, 0) is 60.9 Å². The quantitative estimate of drug-likeness (QED) is 0.419. The summed E-state index contributed by atoms with van der Waals surface area (Å²) in [5.41, 5.74) is 9.34. The van der Waals surface area contributed by atoms with E-state index in [9.17, 15) is 9.18 Å². The summed E-state index contributed by atoms with van der Waals surface area (Å²) in [6.07, 6.45) is 0.553. The molecule has 3 heterocycles. The Kier molecular flexibility index (Phi) is 5.67. The Hall–Kier alpha value is -4.27. The third kappa shape index (κ3) is 4.32. The van der Waals surface area contributed by atoms with Crippen molar-refractivity contribution in [1.29, 1.82) is 0 Å². The van der Waals surface area contributed by atoms with Crippen molar-refractivity contribution in [2.45, 2.75) is 19.5 Å². The molecule has 1 aliphatic rings. The highest BCUT2D eigenvalue weighted by Gasteiger charge is 2.35. The van der Waals surface area contributed by atoms with E-state index in [-0.39, 0.29) is 29.9 Å². The van der Waals surface area contributed by atoms with E-state index in [0.29, 0.717) is 34.8 Å². The number of urea groups is 1. The molecule has 2 atom stereocenters. The smallest absolute Gasteiger partial charge is 0.320 e. The highest BCUT2D eigenvalue weighted by molar-refractivity contribution is 5.91. The maximum Gasteiger partial charge on any atom is 0.320 e. The molecule has 1 saturated heterocycles. The van der Waals surface area contributed by atoms with Crippen LogP contribution in [0.25, 0.3) is 22.3 Å². The maximum atomic E-state index is 13.4. The van der Waals surface area contributed by atoms with E-state index < -0.39 is 0 Å². The van der Waals surface area contributed by atoms with Gasteiger partial charge < -0.3 is 21.3 Å². The first-order chi connectivity index (χ1) is 16.5. The standard InChI is InChI=1S/C25H24FN7O/c1-15-13-14-33(22(15)32-25(34)28-18-5-3-2-4-6-18)23-21-20(30-24(27)31-23)12-11-19(29-21)16-7-9-17(26)10-8-16/h2-12,15,22H,13-14H2,1H3,(H2,27,30,31)(H2,28,32,34)/t15?,22-/m0/s1. The number of hydrogen-bond donors (Lipinski definition) is 3. The van der Waals surface area contributed by atoms with Crippen LogP contribution in [-0.4, -0.2) is 33.7 Å². The molecule has 1 fully saturated rings. The van der Waals surface area contributed by atoms with Crippen molar-refractivity contribution in [2.75, 3.05) is 22.5 Å². The lowest BCUT2D eigenvalue weighted by atomic mass is 10.1. The first-order valence-electron chi connectivity index (χ1n) is 11.1. The maximum absolute atomic E-state index is 13.4. The predicted octanol–water partition coefficient (Wildman–Crippen LogP) is 4.41. The number of fused-ring (bicyclic) bond motifs is 1. The molecule has 0 radical (unpaired) electrons. The van der Waals surface area contributed by atoms with Crippen molar-refractivity contribution in [1.82, 2.24) is 20.3 Å². The van der Waals surface area contributed by atoms with Gasteiger partial charge in [0.2, 0.25) is 5.95 Å². The second kappa shape index (κ2) is 8.93. The van der Waals surface area contributed by atoms with Gasteiger partial charge in [0.15, 0.2) is 5.82 Å². The molecular weight excluding hydrogens is 433 g/mol. The highest BCUT2D eigenvalue weighted by atomic mass is 19.1. The van der Waals surface area contributed by atoms with Crippen molar-refractivity contribution in [2.24, 2.45) is 5.92 Å². The molecule has 2 aromatic carbocycles. The third-order valence-electron chi connectivity index (χ3n) is 5.96. The normalized spacial score (nSPS) is 17.6. The number of carbonyl (C=O) groups excluding carboxylic acids is 1. The average molecular weight is 458 g/mol. The minimum absolute atomic E-state index is 0.130. The molecule has 9 heteroatoms. The largest absolute Gasteiger partial charge is 0.368 e. The van der Waals surface area contributed by atoms with Gasteiger partial charge >= 0.3 is 6.03 Å². The fraction of sp³-hybridized carbons (Fsp3) is 0.200. The Labute approximate surface area is 196 Å². The number of aromatic nitrogens is 3. The molecule has 0 aliphatic carbocycles. The van der Waals surface area contributed by atoms with Crippen LogP contribution in [-0.2, 0) is 0 Å². The van der Waals surface area contributed by atoms with Gasteiger partial charge in [0.1, 0.15) is 17.5 Å². The number of anilines is 3. The molecule has 8 nitrogen and oxygen atoms in total. The molecule has 172 valence electrons. The molecule has 1 aliphatic heterocycles. The lowest BCUT2D eigenvalue weighted by Gasteiger charge is -2.29. The molecule has 2 aromatic heterocycles. The van der Waals surface area contributed by atoms with Crippen LogP contribution in [0.3, 0.4) is 0 Å². The summed E-state index contributed by atoms with van der Waals surface area (Å²) in [5.74, 6) is 0.551. The molecule has 5 rings (SSSR count). The van der Waals surface area contributed by atoms with Crippen LogP contribution in [0.4, 0.5) is 26.6 Å². The van der Waals surface area contributed by atoms with E-state index in [0.717, 1.165) is 12.0 Å². The van der Waals surface area contributed by atoms with E-state index in [1.165, 1.54) is 12.1 Å². The molecular formula is C25H24FN7O. The molecule has 34 heavy (non-hydrogen) atoms. The Morgan fingerprint density at radius 1 is 1.03 bits per heavy atom. The van der Waals surface area contributed by atoms with Gasteiger partial charge in [-0.2, -0.15) is 4.98 Å².